The van der Waals surface area contributed by atoms with E-state index in [-0.39, 0.29) is 29.6 Å². The zero-order valence-electron chi connectivity index (χ0n) is 20.9. The van der Waals surface area contributed by atoms with Crippen molar-refractivity contribution >= 4 is 5.97 Å². The Morgan fingerprint density at radius 3 is 2.36 bits per heavy atom. The van der Waals surface area contributed by atoms with Crippen molar-refractivity contribution in [2.24, 2.45) is 5.73 Å². The van der Waals surface area contributed by atoms with Gasteiger partial charge < -0.3 is 24.7 Å². The molecule has 194 valence electrons. The van der Waals surface area contributed by atoms with E-state index in [9.17, 15) is 14.4 Å². The van der Waals surface area contributed by atoms with E-state index in [1.165, 1.54) is 6.07 Å². The molecule has 0 spiro atoms. The van der Waals surface area contributed by atoms with E-state index in [0.29, 0.717) is 33.9 Å². The topological polar surface area (TPSA) is 104 Å². The second-order valence-corrected chi connectivity index (χ2v) is 8.69. The average Bonchev–Trinajstić information content (AvgIpc) is 2.96. The maximum atomic E-state index is 13.9. The van der Waals surface area contributed by atoms with Gasteiger partial charge >= 0.3 is 5.97 Å². The second kappa shape index (κ2) is 11.0. The van der Waals surface area contributed by atoms with Crippen LogP contribution in [0.4, 0.5) is 4.39 Å². The number of esters is 1. The van der Waals surface area contributed by atoms with Crippen LogP contribution in [0.1, 0.15) is 33.0 Å². The predicted octanol–water partition coefficient (Wildman–Crippen LogP) is 5.85. The predicted molar refractivity (Wildman–Crippen MR) is 141 cm³/mol. The number of fused-ring (bicyclic) bond motifs is 1. The SMILES string of the molecule is COc1ccc(C(=O)Oc2ccc3c(c2)OC(N)=C(C#N)C3c2ccc(OCc3ccccc3F)cc2)cc1. The Morgan fingerprint density at radius 2 is 1.67 bits per heavy atom. The highest BCUT2D eigenvalue weighted by molar-refractivity contribution is 5.91. The maximum absolute atomic E-state index is 13.9. The van der Waals surface area contributed by atoms with Crippen LogP contribution in [0.25, 0.3) is 0 Å². The molecule has 1 heterocycles. The number of rotatable bonds is 7. The summed E-state index contributed by atoms with van der Waals surface area (Å²) in [5.74, 6) is 0.387. The van der Waals surface area contributed by atoms with Crippen molar-refractivity contribution in [3.05, 3.63) is 131 Å². The van der Waals surface area contributed by atoms with Gasteiger partial charge in [0.05, 0.1) is 18.6 Å². The lowest BCUT2D eigenvalue weighted by Gasteiger charge is -2.26. The van der Waals surface area contributed by atoms with Gasteiger partial charge in [0, 0.05) is 17.2 Å². The molecule has 0 saturated heterocycles. The summed E-state index contributed by atoms with van der Waals surface area (Å²) in [5, 5.41) is 9.84. The molecule has 1 aliphatic heterocycles. The van der Waals surface area contributed by atoms with Crippen molar-refractivity contribution in [2.45, 2.75) is 12.5 Å². The van der Waals surface area contributed by atoms with Crippen LogP contribution in [0.2, 0.25) is 0 Å². The molecule has 8 heteroatoms. The first-order valence-electron chi connectivity index (χ1n) is 12.0. The minimum absolute atomic E-state index is 0.0338. The van der Waals surface area contributed by atoms with Gasteiger partial charge in [-0.05, 0) is 54.1 Å². The normalized spacial score (nSPS) is 14.0. The van der Waals surface area contributed by atoms with E-state index in [0.717, 1.165) is 5.56 Å². The molecular formula is C31H23FN2O5. The number of hydrogen-bond donors (Lipinski definition) is 1. The molecule has 1 atom stereocenters. The molecule has 0 radical (unpaired) electrons. The van der Waals surface area contributed by atoms with Crippen molar-refractivity contribution in [3.63, 3.8) is 0 Å². The van der Waals surface area contributed by atoms with Crippen molar-refractivity contribution in [3.8, 4) is 29.1 Å². The summed E-state index contributed by atoms with van der Waals surface area (Å²) in [6.07, 6.45) is 0. The Hall–Kier alpha value is -5.29. The van der Waals surface area contributed by atoms with Gasteiger partial charge in [-0.15, -0.1) is 0 Å². The lowest BCUT2D eigenvalue weighted by Crippen LogP contribution is -2.21. The number of nitrogens with zero attached hydrogens (tertiary/aromatic N) is 1. The van der Waals surface area contributed by atoms with Crippen LogP contribution >= 0.6 is 0 Å². The highest BCUT2D eigenvalue weighted by Gasteiger charge is 2.31. The van der Waals surface area contributed by atoms with E-state index >= 15 is 0 Å². The third-order valence-electron chi connectivity index (χ3n) is 6.29. The quantitative estimate of drug-likeness (QED) is 0.240. The molecule has 5 rings (SSSR count). The highest BCUT2D eigenvalue weighted by atomic mass is 19.1. The Balaban J connectivity index is 1.37. The number of nitriles is 1. The minimum atomic E-state index is -0.544. The van der Waals surface area contributed by atoms with Crippen LogP contribution < -0.4 is 24.7 Å². The van der Waals surface area contributed by atoms with Crippen LogP contribution in [0.15, 0.2) is 102 Å². The van der Waals surface area contributed by atoms with Gasteiger partial charge in [0.2, 0.25) is 5.88 Å². The molecule has 4 aromatic carbocycles. The molecule has 0 fully saturated rings. The maximum Gasteiger partial charge on any atom is 0.343 e. The number of methoxy groups -OCH3 is 1. The third kappa shape index (κ3) is 5.38. The molecule has 1 aliphatic rings. The lowest BCUT2D eigenvalue weighted by molar-refractivity contribution is 0.0734. The standard InChI is InChI=1S/C31H23FN2O5/c1-36-22-10-8-20(9-11-22)31(35)38-24-14-15-25-28(16-24)39-30(34)26(17-33)29(25)19-6-12-23(13-7-19)37-18-21-4-2-3-5-27(21)32/h2-16,29H,18,34H2,1H3. The van der Waals surface area contributed by atoms with Crippen molar-refractivity contribution < 1.29 is 28.1 Å². The van der Waals surface area contributed by atoms with Gasteiger partial charge in [0.1, 0.15) is 47.1 Å². The molecule has 0 aromatic heterocycles. The fourth-order valence-corrected chi connectivity index (χ4v) is 4.27. The average molecular weight is 523 g/mol. The Kier molecular flexibility index (Phi) is 7.15. The van der Waals surface area contributed by atoms with Crippen LogP contribution in [0.5, 0.6) is 23.0 Å². The first-order chi connectivity index (χ1) is 19.0. The summed E-state index contributed by atoms with van der Waals surface area (Å²) in [6, 6.07) is 27.2. The minimum Gasteiger partial charge on any atom is -0.497 e. The lowest BCUT2D eigenvalue weighted by atomic mass is 9.83. The van der Waals surface area contributed by atoms with E-state index in [1.807, 2.05) is 12.1 Å². The molecule has 0 aliphatic carbocycles. The number of allylic oxidation sites excluding steroid dienone is 1. The molecule has 1 unspecified atom stereocenters. The summed E-state index contributed by atoms with van der Waals surface area (Å²) in [6.45, 7) is 0.0838. The summed E-state index contributed by atoms with van der Waals surface area (Å²) >= 11 is 0. The smallest absolute Gasteiger partial charge is 0.343 e. The fraction of sp³-hybridized carbons (Fsp3) is 0.0968. The van der Waals surface area contributed by atoms with Gasteiger partial charge in [-0.1, -0.05) is 36.4 Å². The van der Waals surface area contributed by atoms with Gasteiger partial charge in [-0.2, -0.15) is 5.26 Å². The molecule has 2 N–H and O–H groups in total. The molecule has 0 amide bonds. The van der Waals surface area contributed by atoms with Gasteiger partial charge in [0.25, 0.3) is 0 Å². The molecule has 7 nitrogen and oxygen atoms in total. The van der Waals surface area contributed by atoms with E-state index in [2.05, 4.69) is 6.07 Å². The highest BCUT2D eigenvalue weighted by Crippen LogP contribution is 2.43. The number of carbonyl (C=O) groups excluding carboxylic acids is 1. The number of nitrogens with two attached hydrogens (primary N) is 1. The van der Waals surface area contributed by atoms with Crippen LogP contribution in [0, 0.1) is 17.1 Å². The van der Waals surface area contributed by atoms with Crippen LogP contribution in [0.3, 0.4) is 0 Å². The van der Waals surface area contributed by atoms with Crippen LogP contribution in [-0.2, 0) is 6.61 Å². The molecule has 4 aromatic rings. The third-order valence-corrected chi connectivity index (χ3v) is 6.29. The van der Waals surface area contributed by atoms with Gasteiger partial charge in [0.15, 0.2) is 0 Å². The van der Waals surface area contributed by atoms with Crippen LogP contribution in [-0.4, -0.2) is 13.1 Å². The zero-order chi connectivity index (χ0) is 27.4. The van der Waals surface area contributed by atoms with Crippen molar-refractivity contribution in [2.75, 3.05) is 7.11 Å². The summed E-state index contributed by atoms with van der Waals surface area (Å²) < 4.78 is 36.0. The van der Waals surface area contributed by atoms with E-state index in [4.69, 9.17) is 24.7 Å². The summed E-state index contributed by atoms with van der Waals surface area (Å²) in [5.41, 5.74) is 8.64. The number of carbonyl (C=O) groups is 1. The van der Waals surface area contributed by atoms with E-state index in [1.54, 1.807) is 79.9 Å². The van der Waals surface area contributed by atoms with Gasteiger partial charge in [-0.3, -0.25) is 0 Å². The first kappa shape index (κ1) is 25.4. The summed E-state index contributed by atoms with van der Waals surface area (Å²) in [4.78, 5) is 12.6. The molecule has 0 saturated carbocycles. The molecule has 39 heavy (non-hydrogen) atoms. The number of benzene rings is 4. The Bertz CT molecular complexity index is 1590. The largest absolute Gasteiger partial charge is 0.497 e. The Labute approximate surface area is 224 Å². The Morgan fingerprint density at radius 1 is 0.974 bits per heavy atom. The molecule has 0 bridgehead atoms. The van der Waals surface area contributed by atoms with Crippen molar-refractivity contribution in [1.29, 1.82) is 5.26 Å². The number of halogens is 1. The zero-order valence-corrected chi connectivity index (χ0v) is 20.9. The summed E-state index contributed by atoms with van der Waals surface area (Å²) in [7, 11) is 1.54. The first-order valence-corrected chi connectivity index (χ1v) is 12.0. The monoisotopic (exact) mass is 522 g/mol. The van der Waals surface area contributed by atoms with Gasteiger partial charge in [-0.25, -0.2) is 9.18 Å². The fourth-order valence-electron chi connectivity index (χ4n) is 4.27. The number of hydrogen-bond acceptors (Lipinski definition) is 7. The van der Waals surface area contributed by atoms with E-state index < -0.39 is 11.9 Å². The molecular weight excluding hydrogens is 499 g/mol. The van der Waals surface area contributed by atoms with Crippen molar-refractivity contribution in [1.82, 2.24) is 0 Å². The number of ether oxygens (including phenoxy) is 4. The second-order valence-electron chi connectivity index (χ2n) is 8.69.